The van der Waals surface area contributed by atoms with Crippen molar-refractivity contribution in [2.75, 3.05) is 14.2 Å². The molecule has 1 unspecified atom stereocenters. The molecule has 0 heterocycles. The molecule has 2 aromatic rings. The summed E-state index contributed by atoms with van der Waals surface area (Å²) < 4.78 is 5.35. The number of methoxy groups -OCH3 is 1. The van der Waals surface area contributed by atoms with Crippen LogP contribution in [0.4, 0.5) is 0 Å². The fourth-order valence-electron chi connectivity index (χ4n) is 2.61. The number of fused-ring (bicyclic) bond motifs is 1. The van der Waals surface area contributed by atoms with E-state index < -0.39 is 0 Å². The van der Waals surface area contributed by atoms with E-state index in [2.05, 4.69) is 47.5 Å². The first-order valence-corrected chi connectivity index (χ1v) is 7.41. The predicted octanol–water partition coefficient (Wildman–Crippen LogP) is 3.78. The Morgan fingerprint density at radius 2 is 2.10 bits per heavy atom. The molecule has 0 spiro atoms. The summed E-state index contributed by atoms with van der Waals surface area (Å²) in [5, 5.41) is 5.94. The average Bonchev–Trinajstić information content (AvgIpc) is 2.53. The van der Waals surface area contributed by atoms with E-state index in [1.807, 2.05) is 20.0 Å². The van der Waals surface area contributed by atoms with Crippen LogP contribution >= 0.6 is 0 Å². The van der Waals surface area contributed by atoms with Crippen molar-refractivity contribution >= 4 is 10.8 Å². The number of hydrogen-bond donors (Lipinski definition) is 1. The lowest BCUT2D eigenvalue weighted by molar-refractivity contribution is 0.415. The van der Waals surface area contributed by atoms with Gasteiger partial charge in [-0.15, -0.1) is 11.8 Å². The van der Waals surface area contributed by atoms with Crippen molar-refractivity contribution in [2.45, 2.75) is 32.2 Å². The fraction of sp³-hybridized carbons (Fsp3) is 0.368. The molecule has 0 aromatic heterocycles. The molecule has 2 rings (SSSR count). The molecule has 2 heteroatoms. The van der Waals surface area contributed by atoms with E-state index in [-0.39, 0.29) is 0 Å². The van der Waals surface area contributed by atoms with Gasteiger partial charge in [-0.1, -0.05) is 24.3 Å². The van der Waals surface area contributed by atoms with Crippen molar-refractivity contribution in [3.8, 4) is 17.6 Å². The number of benzene rings is 2. The molecule has 0 aliphatic rings. The van der Waals surface area contributed by atoms with Crippen LogP contribution in [0.25, 0.3) is 10.8 Å². The molecule has 0 saturated heterocycles. The topological polar surface area (TPSA) is 21.3 Å². The Labute approximate surface area is 127 Å². The van der Waals surface area contributed by atoms with Crippen LogP contribution in [0.2, 0.25) is 0 Å². The summed E-state index contributed by atoms with van der Waals surface area (Å²) in [5.41, 5.74) is 1.36. The lowest BCUT2D eigenvalue weighted by atomic mass is 9.96. The first-order chi connectivity index (χ1) is 10.3. The minimum absolute atomic E-state index is 0.447. The molecule has 21 heavy (non-hydrogen) atoms. The third-order valence-electron chi connectivity index (χ3n) is 3.85. The van der Waals surface area contributed by atoms with Crippen molar-refractivity contribution in [1.82, 2.24) is 5.32 Å². The highest BCUT2D eigenvalue weighted by atomic mass is 16.5. The third-order valence-corrected chi connectivity index (χ3v) is 3.85. The summed E-state index contributed by atoms with van der Waals surface area (Å²) in [5.74, 6) is 7.02. The third kappa shape index (κ3) is 4.00. The van der Waals surface area contributed by atoms with Crippen molar-refractivity contribution in [3.05, 3.63) is 42.0 Å². The van der Waals surface area contributed by atoms with Crippen molar-refractivity contribution < 1.29 is 4.74 Å². The van der Waals surface area contributed by atoms with E-state index in [0.29, 0.717) is 6.04 Å². The molecule has 0 saturated carbocycles. The van der Waals surface area contributed by atoms with Gasteiger partial charge in [0.2, 0.25) is 0 Å². The van der Waals surface area contributed by atoms with Gasteiger partial charge in [0.1, 0.15) is 5.75 Å². The molecule has 0 aliphatic heterocycles. The Bertz CT molecular complexity index is 651. The summed E-state index contributed by atoms with van der Waals surface area (Å²) in [6.07, 6.45) is 3.01. The molecule has 1 atom stereocenters. The van der Waals surface area contributed by atoms with Crippen LogP contribution in [0.15, 0.2) is 36.4 Å². The van der Waals surface area contributed by atoms with Crippen molar-refractivity contribution in [2.24, 2.45) is 0 Å². The number of likely N-dealkylation sites (N-methyl/N-ethyl adjacent to an activating group) is 1. The van der Waals surface area contributed by atoms with Crippen LogP contribution in [0.5, 0.6) is 5.75 Å². The fourth-order valence-corrected chi connectivity index (χ4v) is 2.61. The zero-order chi connectivity index (χ0) is 15.1. The first-order valence-electron chi connectivity index (χ1n) is 7.41. The molecular weight excluding hydrogens is 258 g/mol. The number of hydrogen-bond acceptors (Lipinski definition) is 2. The molecule has 0 fully saturated rings. The van der Waals surface area contributed by atoms with Gasteiger partial charge in [0, 0.05) is 12.5 Å². The van der Waals surface area contributed by atoms with E-state index in [1.165, 1.54) is 16.3 Å². The molecule has 2 nitrogen and oxygen atoms in total. The van der Waals surface area contributed by atoms with E-state index in [9.17, 15) is 0 Å². The van der Waals surface area contributed by atoms with Gasteiger partial charge >= 0.3 is 0 Å². The van der Waals surface area contributed by atoms with Gasteiger partial charge in [-0.2, -0.15) is 0 Å². The highest BCUT2D eigenvalue weighted by molar-refractivity contribution is 5.87. The van der Waals surface area contributed by atoms with Gasteiger partial charge < -0.3 is 10.1 Å². The molecule has 0 amide bonds. The van der Waals surface area contributed by atoms with E-state index >= 15 is 0 Å². The van der Waals surface area contributed by atoms with Gasteiger partial charge in [-0.25, -0.2) is 0 Å². The maximum atomic E-state index is 5.35. The van der Waals surface area contributed by atoms with Gasteiger partial charge in [0.05, 0.1) is 7.11 Å². The molecule has 110 valence electrons. The van der Waals surface area contributed by atoms with Gasteiger partial charge in [0.25, 0.3) is 0 Å². The molecule has 0 aliphatic carbocycles. The number of nitrogens with one attached hydrogen (secondary N) is 1. The highest BCUT2D eigenvalue weighted by Crippen LogP contribution is 2.25. The van der Waals surface area contributed by atoms with Crippen molar-refractivity contribution in [1.29, 1.82) is 0 Å². The van der Waals surface area contributed by atoms with E-state index in [1.54, 1.807) is 7.11 Å². The van der Waals surface area contributed by atoms with Crippen LogP contribution in [-0.4, -0.2) is 20.2 Å². The maximum Gasteiger partial charge on any atom is 0.119 e. The molecule has 0 bridgehead atoms. The van der Waals surface area contributed by atoms with Gasteiger partial charge in [-0.3, -0.25) is 0 Å². The zero-order valence-corrected chi connectivity index (χ0v) is 13.1. The summed E-state index contributed by atoms with van der Waals surface area (Å²) >= 11 is 0. The first kappa shape index (κ1) is 15.4. The smallest absolute Gasteiger partial charge is 0.119 e. The second-order valence-corrected chi connectivity index (χ2v) is 5.16. The Morgan fingerprint density at radius 3 is 2.81 bits per heavy atom. The lowest BCUT2D eigenvalue weighted by Crippen LogP contribution is -2.27. The largest absolute Gasteiger partial charge is 0.497 e. The summed E-state index contributed by atoms with van der Waals surface area (Å²) in [6.45, 7) is 1.89. The van der Waals surface area contributed by atoms with Gasteiger partial charge in [0.15, 0.2) is 0 Å². The van der Waals surface area contributed by atoms with Crippen LogP contribution in [0.1, 0.15) is 25.3 Å². The SMILES string of the molecule is CC#CCCC(Cc1cccc2ccc(OC)cc12)NC. The van der Waals surface area contributed by atoms with E-state index in [4.69, 9.17) is 4.74 Å². The van der Waals surface area contributed by atoms with E-state index in [0.717, 1.165) is 25.0 Å². The van der Waals surface area contributed by atoms with Crippen molar-refractivity contribution in [3.63, 3.8) is 0 Å². The molecule has 1 N–H and O–H groups in total. The standard InChI is InChI=1S/C19H23NO/c1-4-5-6-10-17(20-2)13-16-9-7-8-15-11-12-18(21-3)14-19(15)16/h7-9,11-12,14,17,20H,6,10,13H2,1-3H3. The second-order valence-electron chi connectivity index (χ2n) is 5.16. The summed E-state index contributed by atoms with van der Waals surface area (Å²) in [4.78, 5) is 0. The highest BCUT2D eigenvalue weighted by Gasteiger charge is 2.09. The Morgan fingerprint density at radius 1 is 1.24 bits per heavy atom. The van der Waals surface area contributed by atoms with Crippen LogP contribution in [0, 0.1) is 11.8 Å². The molecule has 0 radical (unpaired) electrons. The summed E-state index contributed by atoms with van der Waals surface area (Å²) in [6, 6.07) is 13.2. The Balaban J connectivity index is 2.24. The van der Waals surface area contributed by atoms with Gasteiger partial charge in [-0.05, 0) is 55.3 Å². The predicted molar refractivity (Wildman–Crippen MR) is 89.7 cm³/mol. The summed E-state index contributed by atoms with van der Waals surface area (Å²) in [7, 11) is 3.74. The average molecular weight is 281 g/mol. The quantitative estimate of drug-likeness (QED) is 0.814. The maximum absolute atomic E-state index is 5.35. The molecular formula is C19H23NO. The normalized spacial score (nSPS) is 11.8. The monoisotopic (exact) mass is 281 g/mol. The lowest BCUT2D eigenvalue weighted by Gasteiger charge is -2.16. The van der Waals surface area contributed by atoms with Crippen LogP contribution in [0.3, 0.4) is 0 Å². The van der Waals surface area contributed by atoms with Crippen LogP contribution < -0.4 is 10.1 Å². The Hall–Kier alpha value is -1.98. The number of ether oxygens (including phenoxy) is 1. The minimum Gasteiger partial charge on any atom is -0.497 e. The zero-order valence-electron chi connectivity index (χ0n) is 13.1. The Kier molecular flexibility index (Phi) is 5.66. The number of rotatable bonds is 6. The molecule has 2 aromatic carbocycles. The second kappa shape index (κ2) is 7.71. The van der Waals surface area contributed by atoms with Crippen LogP contribution in [-0.2, 0) is 6.42 Å². The minimum atomic E-state index is 0.447.